The van der Waals surface area contributed by atoms with Crippen LogP contribution in [0.1, 0.15) is 32.8 Å². The van der Waals surface area contributed by atoms with Gasteiger partial charge in [0.2, 0.25) is 5.91 Å². The third-order valence-electron chi connectivity index (χ3n) is 3.06. The van der Waals surface area contributed by atoms with Gasteiger partial charge in [-0.3, -0.25) is 14.4 Å². The molecule has 0 saturated carbocycles. The van der Waals surface area contributed by atoms with Crippen LogP contribution in [0.2, 0.25) is 0 Å². The van der Waals surface area contributed by atoms with Crippen molar-refractivity contribution >= 4 is 23.4 Å². The molecule has 0 spiro atoms. The predicted molar refractivity (Wildman–Crippen MR) is 94.0 cm³/mol. The van der Waals surface area contributed by atoms with Gasteiger partial charge in [0.1, 0.15) is 5.75 Å². The van der Waals surface area contributed by atoms with Gasteiger partial charge >= 0.3 is 11.8 Å². The maximum atomic E-state index is 11.9. The third-order valence-corrected chi connectivity index (χ3v) is 3.06. The molecule has 0 aliphatic carbocycles. The molecule has 0 radical (unpaired) electrons. The van der Waals surface area contributed by atoms with E-state index in [0.29, 0.717) is 18.0 Å². The van der Waals surface area contributed by atoms with Gasteiger partial charge in [-0.05, 0) is 26.8 Å². The molecule has 3 amide bonds. The number of carbonyl (C=O) groups excluding carboxylic acids is 3. The Kier molecular flexibility index (Phi) is 8.11. The fraction of sp³-hybridized carbons (Fsp3) is 0.412. The molecule has 0 aliphatic heterocycles. The molecule has 25 heavy (non-hydrogen) atoms. The van der Waals surface area contributed by atoms with E-state index in [-0.39, 0.29) is 18.4 Å². The largest absolute Gasteiger partial charge is 0.496 e. The number of nitrogens with one attached hydrogen (secondary N) is 3. The van der Waals surface area contributed by atoms with E-state index in [4.69, 9.17) is 4.74 Å². The van der Waals surface area contributed by atoms with Crippen LogP contribution in [0, 0.1) is 0 Å². The normalized spacial score (nSPS) is 11.0. The lowest BCUT2D eigenvalue weighted by Crippen LogP contribution is -2.41. The topological polar surface area (TPSA) is 109 Å². The molecule has 1 aromatic carbocycles. The highest BCUT2D eigenvalue weighted by molar-refractivity contribution is 6.35. The number of carbonyl (C=O) groups is 3. The summed E-state index contributed by atoms with van der Waals surface area (Å²) in [5.74, 6) is -1.21. The van der Waals surface area contributed by atoms with Crippen LogP contribution in [0.4, 0.5) is 0 Å². The zero-order chi connectivity index (χ0) is 18.8. The summed E-state index contributed by atoms with van der Waals surface area (Å²) in [4.78, 5) is 34.9. The van der Waals surface area contributed by atoms with Gasteiger partial charge in [-0.2, -0.15) is 5.10 Å². The average Bonchev–Trinajstić information content (AvgIpc) is 2.57. The van der Waals surface area contributed by atoms with Crippen molar-refractivity contribution in [3.8, 4) is 5.75 Å². The molecule has 8 heteroatoms. The van der Waals surface area contributed by atoms with Gasteiger partial charge in [0.15, 0.2) is 0 Å². The monoisotopic (exact) mass is 348 g/mol. The van der Waals surface area contributed by atoms with Gasteiger partial charge in [-0.1, -0.05) is 18.2 Å². The highest BCUT2D eigenvalue weighted by atomic mass is 16.5. The van der Waals surface area contributed by atoms with Crippen molar-refractivity contribution in [2.75, 3.05) is 7.11 Å². The number of methoxy groups -OCH3 is 1. The SMILES string of the molecule is COc1ccccc1CNC(=O)C/C(C)=N\NC(=O)C(=O)NC(C)C. The number of ether oxygens (including phenoxy) is 1. The molecule has 0 saturated heterocycles. The number of amides is 3. The van der Waals surface area contributed by atoms with Gasteiger partial charge < -0.3 is 15.4 Å². The van der Waals surface area contributed by atoms with E-state index in [0.717, 1.165) is 5.56 Å². The summed E-state index contributed by atoms with van der Waals surface area (Å²) in [6.07, 6.45) is 0.00122. The lowest BCUT2D eigenvalue weighted by molar-refractivity contribution is -0.139. The Balaban J connectivity index is 2.45. The number of hydrogen-bond donors (Lipinski definition) is 3. The second-order valence-corrected chi connectivity index (χ2v) is 5.68. The molecule has 0 atom stereocenters. The van der Waals surface area contributed by atoms with E-state index in [9.17, 15) is 14.4 Å². The van der Waals surface area contributed by atoms with E-state index in [1.807, 2.05) is 24.3 Å². The van der Waals surface area contributed by atoms with E-state index in [1.54, 1.807) is 27.9 Å². The first-order chi connectivity index (χ1) is 11.8. The zero-order valence-corrected chi connectivity index (χ0v) is 14.9. The smallest absolute Gasteiger partial charge is 0.329 e. The Morgan fingerprint density at radius 3 is 2.48 bits per heavy atom. The third kappa shape index (κ3) is 7.47. The number of hydrogen-bond acceptors (Lipinski definition) is 5. The first-order valence-electron chi connectivity index (χ1n) is 7.86. The summed E-state index contributed by atoms with van der Waals surface area (Å²) < 4.78 is 5.21. The van der Waals surface area contributed by atoms with Crippen molar-refractivity contribution in [1.29, 1.82) is 0 Å². The quantitative estimate of drug-likeness (QED) is 0.383. The number of para-hydroxylation sites is 1. The number of benzene rings is 1. The van der Waals surface area contributed by atoms with E-state index >= 15 is 0 Å². The predicted octanol–water partition coefficient (Wildman–Crippen LogP) is 0.718. The molecule has 136 valence electrons. The Morgan fingerprint density at radius 2 is 1.84 bits per heavy atom. The minimum atomic E-state index is -0.873. The summed E-state index contributed by atoms with van der Waals surface area (Å²) >= 11 is 0. The zero-order valence-electron chi connectivity index (χ0n) is 14.9. The molecule has 0 aromatic heterocycles. The molecular weight excluding hydrogens is 324 g/mol. The van der Waals surface area contributed by atoms with Crippen LogP contribution in [-0.2, 0) is 20.9 Å². The maximum Gasteiger partial charge on any atom is 0.329 e. The first kappa shape index (κ1) is 20.1. The van der Waals surface area contributed by atoms with Crippen molar-refractivity contribution in [1.82, 2.24) is 16.1 Å². The van der Waals surface area contributed by atoms with Crippen molar-refractivity contribution in [3.63, 3.8) is 0 Å². The summed E-state index contributed by atoms with van der Waals surface area (Å²) in [7, 11) is 1.57. The van der Waals surface area contributed by atoms with Crippen LogP contribution in [0.15, 0.2) is 29.4 Å². The number of rotatable bonds is 7. The molecule has 0 unspecified atom stereocenters. The minimum Gasteiger partial charge on any atom is -0.496 e. The maximum absolute atomic E-state index is 11.9. The Hall–Kier alpha value is -2.90. The van der Waals surface area contributed by atoms with Gasteiger partial charge in [0.05, 0.1) is 13.5 Å². The van der Waals surface area contributed by atoms with Gasteiger partial charge in [0.25, 0.3) is 0 Å². The van der Waals surface area contributed by atoms with E-state index in [2.05, 4.69) is 21.2 Å². The second kappa shape index (κ2) is 10.1. The summed E-state index contributed by atoms with van der Waals surface area (Å²) in [6.45, 7) is 5.39. The van der Waals surface area contributed by atoms with Crippen LogP contribution >= 0.6 is 0 Å². The van der Waals surface area contributed by atoms with Gasteiger partial charge in [0, 0.05) is 23.9 Å². The Morgan fingerprint density at radius 1 is 1.16 bits per heavy atom. The number of hydrazone groups is 1. The lowest BCUT2D eigenvalue weighted by atomic mass is 10.2. The summed E-state index contributed by atoms with van der Waals surface area (Å²) in [5, 5.41) is 8.95. The fourth-order valence-corrected chi connectivity index (χ4v) is 1.90. The highest BCUT2D eigenvalue weighted by Crippen LogP contribution is 2.16. The van der Waals surface area contributed by atoms with Crippen LogP contribution < -0.4 is 20.8 Å². The van der Waals surface area contributed by atoms with Crippen LogP contribution in [0.3, 0.4) is 0 Å². The first-order valence-corrected chi connectivity index (χ1v) is 7.86. The van der Waals surface area contributed by atoms with E-state index in [1.165, 1.54) is 0 Å². The Labute approximate surface area is 147 Å². The molecule has 1 rings (SSSR count). The van der Waals surface area contributed by atoms with Crippen molar-refractivity contribution in [3.05, 3.63) is 29.8 Å². The summed E-state index contributed by atoms with van der Waals surface area (Å²) in [6, 6.07) is 7.22. The number of nitrogens with zero attached hydrogens (tertiary/aromatic N) is 1. The fourth-order valence-electron chi connectivity index (χ4n) is 1.90. The highest BCUT2D eigenvalue weighted by Gasteiger charge is 2.14. The molecular formula is C17H24N4O4. The molecule has 3 N–H and O–H groups in total. The van der Waals surface area contributed by atoms with Crippen LogP contribution in [-0.4, -0.2) is 36.6 Å². The van der Waals surface area contributed by atoms with Crippen molar-refractivity contribution in [2.24, 2.45) is 5.10 Å². The second-order valence-electron chi connectivity index (χ2n) is 5.68. The Bertz CT molecular complexity index is 656. The molecule has 0 bridgehead atoms. The average molecular weight is 348 g/mol. The molecule has 0 fully saturated rings. The summed E-state index contributed by atoms with van der Waals surface area (Å²) in [5.41, 5.74) is 3.35. The lowest BCUT2D eigenvalue weighted by Gasteiger charge is -2.09. The molecule has 8 nitrogen and oxygen atoms in total. The molecule has 1 aromatic rings. The standard InChI is InChI=1S/C17H24N4O4/c1-11(2)19-16(23)17(24)21-20-12(3)9-15(22)18-10-13-7-5-6-8-14(13)25-4/h5-8,11H,9-10H2,1-4H3,(H,18,22)(H,19,23)(H,21,24)/b20-12-. The van der Waals surface area contributed by atoms with Gasteiger partial charge in [-0.25, -0.2) is 5.43 Å². The van der Waals surface area contributed by atoms with Crippen molar-refractivity contribution < 1.29 is 19.1 Å². The minimum absolute atomic E-state index is 0.00122. The molecule has 0 aliphatic rings. The van der Waals surface area contributed by atoms with Gasteiger partial charge in [-0.15, -0.1) is 0 Å². The van der Waals surface area contributed by atoms with Crippen molar-refractivity contribution in [2.45, 2.75) is 39.8 Å². The van der Waals surface area contributed by atoms with E-state index < -0.39 is 11.8 Å². The van der Waals surface area contributed by atoms with Crippen LogP contribution in [0.25, 0.3) is 0 Å². The van der Waals surface area contributed by atoms with Crippen LogP contribution in [0.5, 0.6) is 5.75 Å². The molecule has 0 heterocycles.